The Bertz CT molecular complexity index is 621. The lowest BCUT2D eigenvalue weighted by Gasteiger charge is -2.10. The molecule has 0 atom stereocenters. The van der Waals surface area contributed by atoms with Gasteiger partial charge in [0.15, 0.2) is 5.75 Å². The zero-order valence-electron chi connectivity index (χ0n) is 9.73. The Labute approximate surface area is 119 Å². The molecule has 0 unspecified atom stereocenters. The van der Waals surface area contributed by atoms with Crippen molar-refractivity contribution >= 4 is 29.2 Å². The van der Waals surface area contributed by atoms with Crippen molar-refractivity contribution in [3.05, 3.63) is 45.8 Å². The van der Waals surface area contributed by atoms with Crippen LogP contribution in [0.4, 0.5) is 0 Å². The maximum absolute atomic E-state index is 11.8. The standard InChI is InChI=1S/C13H9Cl2NO3/c14-10-4-3-9(7-1-2-7)11(15)12(10)19-13(17)8-5-16-18-6-8/h3-7H,1-2H2. The van der Waals surface area contributed by atoms with E-state index in [-0.39, 0.29) is 11.3 Å². The monoisotopic (exact) mass is 297 g/mol. The molecule has 6 heteroatoms. The number of carbonyl (C=O) groups excluding carboxylic acids is 1. The van der Waals surface area contributed by atoms with E-state index in [1.54, 1.807) is 6.07 Å². The van der Waals surface area contributed by atoms with Crippen LogP contribution in [0.25, 0.3) is 0 Å². The molecule has 1 aromatic heterocycles. The minimum absolute atomic E-state index is 0.193. The third-order valence-electron chi connectivity index (χ3n) is 2.96. The summed E-state index contributed by atoms with van der Waals surface area (Å²) in [5, 5.41) is 4.15. The van der Waals surface area contributed by atoms with E-state index in [0.717, 1.165) is 18.4 Å². The molecule has 0 bridgehead atoms. The van der Waals surface area contributed by atoms with Crippen molar-refractivity contribution in [1.82, 2.24) is 5.16 Å². The largest absolute Gasteiger partial charge is 0.420 e. The van der Waals surface area contributed by atoms with Crippen molar-refractivity contribution in [2.45, 2.75) is 18.8 Å². The second kappa shape index (κ2) is 4.87. The van der Waals surface area contributed by atoms with Gasteiger partial charge in [0.1, 0.15) is 11.8 Å². The van der Waals surface area contributed by atoms with E-state index in [1.807, 2.05) is 6.07 Å². The van der Waals surface area contributed by atoms with E-state index in [4.69, 9.17) is 27.9 Å². The van der Waals surface area contributed by atoms with Crippen LogP contribution in [-0.4, -0.2) is 11.1 Å². The van der Waals surface area contributed by atoms with Crippen molar-refractivity contribution in [2.75, 3.05) is 0 Å². The minimum Gasteiger partial charge on any atom is -0.420 e. The first-order valence-electron chi connectivity index (χ1n) is 5.76. The van der Waals surface area contributed by atoms with Crippen molar-refractivity contribution in [3.63, 3.8) is 0 Å². The van der Waals surface area contributed by atoms with Gasteiger partial charge in [0.05, 0.1) is 16.2 Å². The molecule has 1 fully saturated rings. The highest BCUT2D eigenvalue weighted by Gasteiger charge is 2.28. The van der Waals surface area contributed by atoms with Gasteiger partial charge in [-0.2, -0.15) is 0 Å². The average molecular weight is 298 g/mol. The summed E-state index contributed by atoms with van der Waals surface area (Å²) in [6.07, 6.45) is 4.67. The molecule has 98 valence electrons. The van der Waals surface area contributed by atoms with Gasteiger partial charge in [-0.15, -0.1) is 0 Å². The Morgan fingerprint density at radius 1 is 1.37 bits per heavy atom. The fourth-order valence-corrected chi connectivity index (χ4v) is 2.41. The summed E-state index contributed by atoms with van der Waals surface area (Å²) in [6.45, 7) is 0. The van der Waals surface area contributed by atoms with Gasteiger partial charge in [-0.3, -0.25) is 0 Å². The van der Waals surface area contributed by atoms with Crippen LogP contribution in [-0.2, 0) is 0 Å². The highest BCUT2D eigenvalue weighted by Crippen LogP contribution is 2.47. The molecule has 4 nitrogen and oxygen atoms in total. The zero-order valence-corrected chi connectivity index (χ0v) is 11.2. The molecular weight excluding hydrogens is 289 g/mol. The van der Waals surface area contributed by atoms with E-state index in [0.29, 0.717) is 16.0 Å². The second-order valence-electron chi connectivity index (χ2n) is 4.36. The highest BCUT2D eigenvalue weighted by atomic mass is 35.5. The van der Waals surface area contributed by atoms with Gasteiger partial charge in [0.25, 0.3) is 0 Å². The van der Waals surface area contributed by atoms with Gasteiger partial charge in [0, 0.05) is 0 Å². The van der Waals surface area contributed by atoms with E-state index >= 15 is 0 Å². The molecule has 1 aliphatic carbocycles. The lowest BCUT2D eigenvalue weighted by Crippen LogP contribution is -2.08. The molecule has 0 radical (unpaired) electrons. The first-order valence-corrected chi connectivity index (χ1v) is 6.52. The predicted octanol–water partition coefficient (Wildman–Crippen LogP) is 4.08. The summed E-state index contributed by atoms with van der Waals surface area (Å²) in [7, 11) is 0. The third kappa shape index (κ3) is 2.46. The predicted molar refractivity (Wildman–Crippen MR) is 69.9 cm³/mol. The molecule has 1 aliphatic rings. The maximum Gasteiger partial charge on any atom is 0.348 e. The molecule has 0 amide bonds. The molecule has 1 heterocycles. The quantitative estimate of drug-likeness (QED) is 0.633. The van der Waals surface area contributed by atoms with Crippen molar-refractivity contribution < 1.29 is 14.1 Å². The van der Waals surface area contributed by atoms with Gasteiger partial charge in [-0.05, 0) is 30.4 Å². The molecule has 0 aliphatic heterocycles. The molecule has 0 saturated heterocycles. The van der Waals surface area contributed by atoms with Gasteiger partial charge in [0.2, 0.25) is 0 Å². The smallest absolute Gasteiger partial charge is 0.348 e. The van der Waals surface area contributed by atoms with Crippen molar-refractivity contribution in [3.8, 4) is 5.75 Å². The lowest BCUT2D eigenvalue weighted by molar-refractivity contribution is 0.0734. The molecular formula is C13H9Cl2NO3. The molecule has 3 rings (SSSR count). The second-order valence-corrected chi connectivity index (χ2v) is 5.14. The van der Waals surface area contributed by atoms with Crippen LogP contribution in [0, 0.1) is 0 Å². The molecule has 2 aromatic rings. The van der Waals surface area contributed by atoms with Gasteiger partial charge in [-0.25, -0.2) is 4.79 Å². The number of aromatic nitrogens is 1. The first-order chi connectivity index (χ1) is 9.16. The number of carbonyl (C=O) groups is 1. The summed E-state index contributed by atoms with van der Waals surface area (Å²) in [5.74, 6) is 0.0368. The number of ether oxygens (including phenoxy) is 1. The Kier molecular flexibility index (Phi) is 3.21. The van der Waals surface area contributed by atoms with E-state index < -0.39 is 5.97 Å². The minimum atomic E-state index is -0.599. The topological polar surface area (TPSA) is 52.3 Å². The van der Waals surface area contributed by atoms with Gasteiger partial charge in [-0.1, -0.05) is 34.4 Å². The normalized spacial score (nSPS) is 14.4. The number of benzene rings is 1. The number of nitrogens with zero attached hydrogens (tertiary/aromatic N) is 1. The SMILES string of the molecule is O=C(Oc1c(Cl)ccc(C2CC2)c1Cl)c1cnoc1. The maximum atomic E-state index is 11.8. The zero-order chi connectivity index (χ0) is 13.4. The summed E-state index contributed by atoms with van der Waals surface area (Å²) in [6, 6.07) is 3.57. The van der Waals surface area contributed by atoms with E-state index in [9.17, 15) is 4.79 Å². The van der Waals surface area contributed by atoms with Crippen LogP contribution < -0.4 is 4.74 Å². The Hall–Kier alpha value is -1.52. The van der Waals surface area contributed by atoms with Crippen LogP contribution in [0.2, 0.25) is 10.0 Å². The van der Waals surface area contributed by atoms with Crippen LogP contribution in [0.5, 0.6) is 5.75 Å². The molecule has 0 spiro atoms. The third-order valence-corrected chi connectivity index (χ3v) is 3.65. The number of esters is 1. The van der Waals surface area contributed by atoms with Crippen LogP contribution in [0.3, 0.4) is 0 Å². The Balaban J connectivity index is 1.91. The van der Waals surface area contributed by atoms with Gasteiger partial charge < -0.3 is 9.26 Å². The summed E-state index contributed by atoms with van der Waals surface area (Å²) in [5.41, 5.74) is 1.18. The summed E-state index contributed by atoms with van der Waals surface area (Å²) >= 11 is 12.3. The number of rotatable bonds is 3. The summed E-state index contributed by atoms with van der Waals surface area (Å²) < 4.78 is 9.83. The molecule has 1 aromatic carbocycles. The van der Waals surface area contributed by atoms with Crippen LogP contribution >= 0.6 is 23.2 Å². The molecule has 19 heavy (non-hydrogen) atoms. The fraction of sp³-hybridized carbons (Fsp3) is 0.231. The fourth-order valence-electron chi connectivity index (χ4n) is 1.81. The van der Waals surface area contributed by atoms with Gasteiger partial charge >= 0.3 is 5.97 Å². The highest BCUT2D eigenvalue weighted by molar-refractivity contribution is 6.38. The van der Waals surface area contributed by atoms with E-state index in [2.05, 4.69) is 9.68 Å². The summed E-state index contributed by atoms with van der Waals surface area (Å²) in [4.78, 5) is 11.8. The van der Waals surface area contributed by atoms with Crippen molar-refractivity contribution in [1.29, 1.82) is 0 Å². The number of hydrogen-bond donors (Lipinski definition) is 0. The van der Waals surface area contributed by atoms with Crippen molar-refractivity contribution in [2.24, 2.45) is 0 Å². The van der Waals surface area contributed by atoms with Crippen LogP contribution in [0.1, 0.15) is 34.7 Å². The number of hydrogen-bond acceptors (Lipinski definition) is 4. The lowest BCUT2D eigenvalue weighted by atomic mass is 10.1. The van der Waals surface area contributed by atoms with Crippen LogP contribution in [0.15, 0.2) is 29.1 Å². The average Bonchev–Trinajstić information content (AvgIpc) is 3.07. The Morgan fingerprint density at radius 3 is 2.79 bits per heavy atom. The Morgan fingerprint density at radius 2 is 2.16 bits per heavy atom. The van der Waals surface area contributed by atoms with E-state index in [1.165, 1.54) is 12.5 Å². The first kappa shape index (κ1) is 12.5. The molecule has 0 N–H and O–H groups in total. The number of halogens is 2. The molecule has 1 saturated carbocycles.